The number of anilines is 1. The van der Waals surface area contributed by atoms with E-state index in [4.69, 9.17) is 4.74 Å². The van der Waals surface area contributed by atoms with Crippen LogP contribution < -0.4 is 9.64 Å². The number of rotatable bonds is 5. The molecule has 6 heteroatoms. The summed E-state index contributed by atoms with van der Waals surface area (Å²) in [5.74, 6) is 1.09. The highest BCUT2D eigenvalue weighted by Gasteiger charge is 2.21. The standard InChI is InChI=1S/C24H32N4O2/c1-25-11-15-28(16-12-25)24(29)21-9-7-20(8-10-21)19-26-13-17-27(18-14-26)22-5-3-4-6-23(22)30-2/h3-10H,11-19H2,1-2H3. The topological polar surface area (TPSA) is 39.3 Å². The largest absolute Gasteiger partial charge is 0.495 e. The second-order valence-electron chi connectivity index (χ2n) is 8.23. The average molecular weight is 409 g/mol. The summed E-state index contributed by atoms with van der Waals surface area (Å²) >= 11 is 0. The van der Waals surface area contributed by atoms with E-state index in [0.717, 1.165) is 70.2 Å². The summed E-state index contributed by atoms with van der Waals surface area (Å²) in [6.45, 7) is 8.44. The van der Waals surface area contributed by atoms with Gasteiger partial charge in [0.15, 0.2) is 0 Å². The Kier molecular flexibility index (Phi) is 6.55. The lowest BCUT2D eigenvalue weighted by Gasteiger charge is -2.36. The van der Waals surface area contributed by atoms with Gasteiger partial charge in [-0.15, -0.1) is 0 Å². The summed E-state index contributed by atoms with van der Waals surface area (Å²) in [5, 5.41) is 0. The second-order valence-corrected chi connectivity index (χ2v) is 8.23. The van der Waals surface area contributed by atoms with E-state index in [-0.39, 0.29) is 5.91 Å². The van der Waals surface area contributed by atoms with Crippen molar-refractivity contribution < 1.29 is 9.53 Å². The van der Waals surface area contributed by atoms with Gasteiger partial charge in [0.25, 0.3) is 5.91 Å². The Hall–Kier alpha value is -2.57. The number of carbonyl (C=O) groups excluding carboxylic acids is 1. The fourth-order valence-electron chi connectivity index (χ4n) is 4.24. The third kappa shape index (κ3) is 4.77. The van der Waals surface area contributed by atoms with E-state index in [1.54, 1.807) is 7.11 Å². The number of ether oxygens (including phenoxy) is 1. The van der Waals surface area contributed by atoms with Crippen molar-refractivity contribution in [2.75, 3.05) is 71.4 Å². The van der Waals surface area contributed by atoms with Gasteiger partial charge >= 0.3 is 0 Å². The third-order valence-corrected chi connectivity index (χ3v) is 6.20. The Morgan fingerprint density at radius 3 is 2.20 bits per heavy atom. The maximum atomic E-state index is 12.7. The molecule has 2 aromatic rings. The molecule has 0 aliphatic carbocycles. The minimum atomic E-state index is 0.153. The Bertz CT molecular complexity index is 839. The lowest BCUT2D eigenvalue weighted by atomic mass is 10.1. The smallest absolute Gasteiger partial charge is 0.253 e. The van der Waals surface area contributed by atoms with Gasteiger partial charge in [0, 0.05) is 64.5 Å². The van der Waals surface area contributed by atoms with Crippen molar-refractivity contribution in [3.8, 4) is 5.75 Å². The number of piperazine rings is 2. The zero-order chi connectivity index (χ0) is 20.9. The molecular formula is C24H32N4O2. The normalized spacial score (nSPS) is 18.5. The van der Waals surface area contributed by atoms with E-state index in [1.807, 2.05) is 29.2 Å². The Balaban J connectivity index is 1.30. The van der Waals surface area contributed by atoms with Crippen LogP contribution in [-0.2, 0) is 6.54 Å². The summed E-state index contributed by atoms with van der Waals surface area (Å²) in [6, 6.07) is 16.4. The molecule has 4 rings (SSSR count). The Morgan fingerprint density at radius 2 is 1.53 bits per heavy atom. The molecule has 160 valence electrons. The minimum absolute atomic E-state index is 0.153. The fraction of sp³-hybridized carbons (Fsp3) is 0.458. The van der Waals surface area contributed by atoms with Gasteiger partial charge in [-0.05, 0) is 36.9 Å². The van der Waals surface area contributed by atoms with E-state index < -0.39 is 0 Å². The molecule has 0 unspecified atom stereocenters. The van der Waals surface area contributed by atoms with E-state index >= 15 is 0 Å². The average Bonchev–Trinajstić information content (AvgIpc) is 2.80. The number of hydrogen-bond donors (Lipinski definition) is 0. The van der Waals surface area contributed by atoms with Crippen molar-refractivity contribution in [1.29, 1.82) is 0 Å². The van der Waals surface area contributed by atoms with Gasteiger partial charge in [0.1, 0.15) is 5.75 Å². The number of para-hydroxylation sites is 2. The first kappa shape index (κ1) is 20.7. The number of nitrogens with zero attached hydrogens (tertiary/aromatic N) is 4. The summed E-state index contributed by atoms with van der Waals surface area (Å²) in [4.78, 5) is 21.8. The van der Waals surface area contributed by atoms with Crippen LogP contribution in [-0.4, -0.2) is 87.1 Å². The van der Waals surface area contributed by atoms with Gasteiger partial charge in [-0.25, -0.2) is 0 Å². The number of likely N-dealkylation sites (N-methyl/N-ethyl adjacent to an activating group) is 1. The molecule has 2 aliphatic rings. The predicted octanol–water partition coefficient (Wildman–Crippen LogP) is 2.41. The molecule has 2 fully saturated rings. The maximum Gasteiger partial charge on any atom is 0.253 e. The molecule has 0 atom stereocenters. The van der Waals surface area contributed by atoms with Crippen LogP contribution in [0, 0.1) is 0 Å². The third-order valence-electron chi connectivity index (χ3n) is 6.20. The first-order valence-electron chi connectivity index (χ1n) is 10.8. The molecule has 0 bridgehead atoms. The highest BCUT2D eigenvalue weighted by Crippen LogP contribution is 2.28. The van der Waals surface area contributed by atoms with E-state index in [2.05, 4.69) is 46.0 Å². The molecule has 0 spiro atoms. The predicted molar refractivity (Wildman–Crippen MR) is 120 cm³/mol. The van der Waals surface area contributed by atoms with Crippen LogP contribution in [0.1, 0.15) is 15.9 Å². The number of hydrogen-bond acceptors (Lipinski definition) is 5. The zero-order valence-electron chi connectivity index (χ0n) is 18.1. The van der Waals surface area contributed by atoms with E-state index in [1.165, 1.54) is 11.3 Å². The zero-order valence-corrected chi connectivity index (χ0v) is 18.1. The van der Waals surface area contributed by atoms with Crippen molar-refractivity contribution >= 4 is 11.6 Å². The fourth-order valence-corrected chi connectivity index (χ4v) is 4.24. The summed E-state index contributed by atoms with van der Waals surface area (Å²) in [6.07, 6.45) is 0. The number of methoxy groups -OCH3 is 1. The summed E-state index contributed by atoms with van der Waals surface area (Å²) in [7, 11) is 3.83. The van der Waals surface area contributed by atoms with Gasteiger partial charge in [0.05, 0.1) is 12.8 Å². The number of amides is 1. The van der Waals surface area contributed by atoms with Crippen molar-refractivity contribution in [3.05, 3.63) is 59.7 Å². The molecule has 0 saturated carbocycles. The van der Waals surface area contributed by atoms with Gasteiger partial charge in [0.2, 0.25) is 0 Å². The number of benzene rings is 2. The monoisotopic (exact) mass is 408 g/mol. The molecule has 0 aromatic heterocycles. The van der Waals surface area contributed by atoms with E-state index in [9.17, 15) is 4.79 Å². The lowest BCUT2D eigenvalue weighted by molar-refractivity contribution is 0.0664. The van der Waals surface area contributed by atoms with Crippen LogP contribution in [0.25, 0.3) is 0 Å². The van der Waals surface area contributed by atoms with Crippen molar-refractivity contribution in [1.82, 2.24) is 14.7 Å². The summed E-state index contributed by atoms with van der Waals surface area (Å²) in [5.41, 5.74) is 3.23. The van der Waals surface area contributed by atoms with Crippen molar-refractivity contribution in [3.63, 3.8) is 0 Å². The van der Waals surface area contributed by atoms with Crippen LogP contribution in [0.5, 0.6) is 5.75 Å². The maximum absolute atomic E-state index is 12.7. The van der Waals surface area contributed by atoms with Crippen LogP contribution in [0.4, 0.5) is 5.69 Å². The van der Waals surface area contributed by atoms with Gasteiger partial charge in [-0.1, -0.05) is 24.3 Å². The van der Waals surface area contributed by atoms with Crippen LogP contribution >= 0.6 is 0 Å². The van der Waals surface area contributed by atoms with Gasteiger partial charge in [-0.3, -0.25) is 9.69 Å². The first-order chi connectivity index (χ1) is 14.6. The van der Waals surface area contributed by atoms with Crippen molar-refractivity contribution in [2.24, 2.45) is 0 Å². The molecule has 2 aromatic carbocycles. The van der Waals surface area contributed by atoms with Crippen LogP contribution in [0.3, 0.4) is 0 Å². The van der Waals surface area contributed by atoms with E-state index in [0.29, 0.717) is 0 Å². The quantitative estimate of drug-likeness (QED) is 0.760. The van der Waals surface area contributed by atoms with Crippen LogP contribution in [0.2, 0.25) is 0 Å². The molecule has 30 heavy (non-hydrogen) atoms. The Morgan fingerprint density at radius 1 is 0.867 bits per heavy atom. The molecule has 2 aliphatic heterocycles. The molecule has 0 radical (unpaired) electrons. The molecule has 0 N–H and O–H groups in total. The highest BCUT2D eigenvalue weighted by molar-refractivity contribution is 5.94. The van der Waals surface area contributed by atoms with Gasteiger partial charge < -0.3 is 19.4 Å². The number of carbonyl (C=O) groups is 1. The van der Waals surface area contributed by atoms with Crippen molar-refractivity contribution in [2.45, 2.75) is 6.54 Å². The first-order valence-corrected chi connectivity index (χ1v) is 10.8. The second kappa shape index (κ2) is 9.49. The highest BCUT2D eigenvalue weighted by atomic mass is 16.5. The molecule has 2 heterocycles. The van der Waals surface area contributed by atoms with Crippen LogP contribution in [0.15, 0.2) is 48.5 Å². The molecular weight excluding hydrogens is 376 g/mol. The molecule has 6 nitrogen and oxygen atoms in total. The SMILES string of the molecule is COc1ccccc1N1CCN(Cc2ccc(C(=O)N3CCN(C)CC3)cc2)CC1. The lowest BCUT2D eigenvalue weighted by Crippen LogP contribution is -2.47. The summed E-state index contributed by atoms with van der Waals surface area (Å²) < 4.78 is 5.51. The molecule has 2 saturated heterocycles. The minimum Gasteiger partial charge on any atom is -0.495 e. The Labute approximate surface area is 179 Å². The van der Waals surface area contributed by atoms with Gasteiger partial charge in [-0.2, -0.15) is 0 Å². The molecule has 1 amide bonds.